The first kappa shape index (κ1) is 12.2. The molecular weight excluding hydrogens is 242 g/mol. The second-order valence-corrected chi connectivity index (χ2v) is 4.97. The van der Waals surface area contributed by atoms with Crippen LogP contribution in [0.2, 0.25) is 0 Å². The number of pyridine rings is 1. The molecular formula is C14H17N3O2. The third kappa shape index (κ3) is 2.46. The van der Waals surface area contributed by atoms with Crippen molar-refractivity contribution in [2.75, 3.05) is 18.1 Å². The average Bonchev–Trinajstić information content (AvgIpc) is 2.91. The van der Waals surface area contributed by atoms with Crippen molar-refractivity contribution < 1.29 is 9.53 Å². The zero-order valence-corrected chi connectivity index (χ0v) is 10.7. The molecule has 1 aromatic heterocycles. The molecule has 0 bridgehead atoms. The summed E-state index contributed by atoms with van der Waals surface area (Å²) in [5, 5.41) is 0. The Kier molecular flexibility index (Phi) is 3.21. The molecule has 1 saturated heterocycles. The molecule has 0 aromatic carbocycles. The lowest BCUT2D eigenvalue weighted by atomic mass is 10.0. The summed E-state index contributed by atoms with van der Waals surface area (Å²) < 4.78 is 5.65. The molecule has 5 nitrogen and oxygen atoms in total. The van der Waals surface area contributed by atoms with Gasteiger partial charge < -0.3 is 15.4 Å². The average molecular weight is 259 g/mol. The predicted molar refractivity (Wildman–Crippen MR) is 71.5 cm³/mol. The molecule has 2 N–H and O–H groups in total. The van der Waals surface area contributed by atoms with Crippen LogP contribution < -0.4 is 10.6 Å². The monoisotopic (exact) mass is 259 g/mol. The fraction of sp³-hybridized carbons (Fsp3) is 0.429. The number of fused-ring (bicyclic) bond motifs is 1. The molecule has 1 fully saturated rings. The van der Waals surface area contributed by atoms with Crippen LogP contribution in [0.5, 0.6) is 0 Å². The van der Waals surface area contributed by atoms with Crippen molar-refractivity contribution in [1.82, 2.24) is 4.98 Å². The van der Waals surface area contributed by atoms with E-state index >= 15 is 0 Å². The summed E-state index contributed by atoms with van der Waals surface area (Å²) in [5.74, 6) is 0.537. The van der Waals surface area contributed by atoms with Gasteiger partial charge in [0.15, 0.2) is 0 Å². The highest BCUT2D eigenvalue weighted by molar-refractivity contribution is 5.93. The molecule has 2 aliphatic heterocycles. The van der Waals surface area contributed by atoms with Gasteiger partial charge in [0.05, 0.1) is 12.6 Å². The van der Waals surface area contributed by atoms with Gasteiger partial charge in [0, 0.05) is 31.0 Å². The summed E-state index contributed by atoms with van der Waals surface area (Å²) in [5.41, 5.74) is 7.07. The van der Waals surface area contributed by atoms with Gasteiger partial charge in [0.2, 0.25) is 5.91 Å². The Bertz CT molecular complexity index is 521. The maximum atomic E-state index is 11.4. The topological polar surface area (TPSA) is 68.5 Å². The highest BCUT2D eigenvalue weighted by Crippen LogP contribution is 2.27. The van der Waals surface area contributed by atoms with Gasteiger partial charge in [-0.2, -0.15) is 0 Å². The molecule has 1 aromatic rings. The summed E-state index contributed by atoms with van der Waals surface area (Å²) in [4.78, 5) is 17.8. The van der Waals surface area contributed by atoms with Crippen LogP contribution in [0, 0.1) is 0 Å². The van der Waals surface area contributed by atoms with Crippen LogP contribution in [0.15, 0.2) is 30.1 Å². The summed E-state index contributed by atoms with van der Waals surface area (Å²) in [7, 11) is 0. The van der Waals surface area contributed by atoms with Gasteiger partial charge >= 0.3 is 0 Å². The van der Waals surface area contributed by atoms with E-state index in [2.05, 4.69) is 4.98 Å². The van der Waals surface area contributed by atoms with Crippen LogP contribution in [0.1, 0.15) is 18.4 Å². The van der Waals surface area contributed by atoms with Crippen molar-refractivity contribution >= 4 is 11.7 Å². The van der Waals surface area contributed by atoms with E-state index < -0.39 is 0 Å². The Morgan fingerprint density at radius 2 is 2.47 bits per heavy atom. The van der Waals surface area contributed by atoms with E-state index in [4.69, 9.17) is 10.5 Å². The van der Waals surface area contributed by atoms with Crippen LogP contribution >= 0.6 is 0 Å². The summed E-state index contributed by atoms with van der Waals surface area (Å²) >= 11 is 0. The van der Waals surface area contributed by atoms with Gasteiger partial charge in [-0.1, -0.05) is 6.07 Å². The van der Waals surface area contributed by atoms with E-state index in [1.165, 1.54) is 0 Å². The number of amides is 1. The lowest BCUT2D eigenvalue weighted by Gasteiger charge is -2.29. The minimum atomic E-state index is -0.369. The van der Waals surface area contributed by atoms with Crippen LogP contribution in [0.3, 0.4) is 0 Å². The molecule has 0 saturated carbocycles. The second kappa shape index (κ2) is 5.01. The van der Waals surface area contributed by atoms with Crippen LogP contribution in [-0.4, -0.2) is 30.1 Å². The van der Waals surface area contributed by atoms with E-state index in [0.29, 0.717) is 12.0 Å². The molecule has 0 radical (unpaired) electrons. The molecule has 3 heterocycles. The Balaban J connectivity index is 1.88. The van der Waals surface area contributed by atoms with Crippen molar-refractivity contribution in [2.24, 2.45) is 5.73 Å². The van der Waals surface area contributed by atoms with Gasteiger partial charge in [0.1, 0.15) is 5.82 Å². The molecule has 1 atom stereocenters. The molecule has 19 heavy (non-hydrogen) atoms. The zero-order valence-electron chi connectivity index (χ0n) is 10.7. The first-order chi connectivity index (χ1) is 9.24. The standard InChI is InChI=1S/C14H17N3O2/c15-13(18)11-7-10-3-1-5-16-14(10)17(8-11)9-12-4-2-6-19-12/h1,3,5,8,12H,2,4,6-7,9H2,(H2,15,18). The molecule has 0 spiro atoms. The number of rotatable bonds is 3. The number of anilines is 1. The minimum absolute atomic E-state index is 0.207. The van der Waals surface area contributed by atoms with E-state index in [0.717, 1.165) is 37.4 Å². The SMILES string of the molecule is NC(=O)C1=CN(CC2CCCO2)c2ncccc2C1. The number of carbonyl (C=O) groups excluding carboxylic acids is 1. The summed E-state index contributed by atoms with van der Waals surface area (Å²) in [6.07, 6.45) is 6.50. The first-order valence-electron chi connectivity index (χ1n) is 6.56. The van der Waals surface area contributed by atoms with E-state index in [1.54, 1.807) is 6.20 Å². The molecule has 2 aliphatic rings. The number of aromatic nitrogens is 1. The van der Waals surface area contributed by atoms with Gasteiger partial charge in [-0.15, -0.1) is 0 Å². The van der Waals surface area contributed by atoms with E-state index in [-0.39, 0.29) is 12.0 Å². The quantitative estimate of drug-likeness (QED) is 0.879. The number of hydrogen-bond acceptors (Lipinski definition) is 4. The van der Waals surface area contributed by atoms with Gasteiger partial charge in [-0.05, 0) is 24.5 Å². The number of hydrogen-bond donors (Lipinski definition) is 1. The third-order valence-corrected chi connectivity index (χ3v) is 3.57. The fourth-order valence-corrected chi connectivity index (χ4v) is 2.62. The number of primary amides is 1. The van der Waals surface area contributed by atoms with Crippen LogP contribution in [0.25, 0.3) is 0 Å². The normalized spacial score (nSPS) is 22.0. The van der Waals surface area contributed by atoms with Crippen molar-refractivity contribution in [2.45, 2.75) is 25.4 Å². The zero-order chi connectivity index (χ0) is 13.2. The largest absolute Gasteiger partial charge is 0.376 e. The molecule has 3 rings (SSSR count). The molecule has 1 unspecified atom stereocenters. The third-order valence-electron chi connectivity index (χ3n) is 3.57. The number of nitrogens with zero attached hydrogens (tertiary/aromatic N) is 2. The summed E-state index contributed by atoms with van der Waals surface area (Å²) in [6, 6.07) is 3.87. The van der Waals surface area contributed by atoms with Crippen molar-refractivity contribution in [3.63, 3.8) is 0 Å². The molecule has 5 heteroatoms. The van der Waals surface area contributed by atoms with E-state index in [9.17, 15) is 4.79 Å². The highest BCUT2D eigenvalue weighted by atomic mass is 16.5. The molecule has 1 amide bonds. The number of nitrogens with two attached hydrogens (primary N) is 1. The predicted octanol–water partition coefficient (Wildman–Crippen LogP) is 0.992. The van der Waals surface area contributed by atoms with Crippen molar-refractivity contribution in [1.29, 1.82) is 0 Å². The van der Waals surface area contributed by atoms with Gasteiger partial charge in [-0.3, -0.25) is 4.79 Å². The number of ether oxygens (including phenoxy) is 1. The Hall–Kier alpha value is -1.88. The Morgan fingerprint density at radius 1 is 1.58 bits per heavy atom. The second-order valence-electron chi connectivity index (χ2n) is 4.97. The van der Waals surface area contributed by atoms with Gasteiger partial charge in [-0.25, -0.2) is 4.98 Å². The highest BCUT2D eigenvalue weighted by Gasteiger charge is 2.25. The summed E-state index contributed by atoms with van der Waals surface area (Å²) in [6.45, 7) is 1.54. The molecule has 100 valence electrons. The smallest absolute Gasteiger partial charge is 0.246 e. The lowest BCUT2D eigenvalue weighted by molar-refractivity contribution is -0.114. The lowest BCUT2D eigenvalue weighted by Crippen LogP contribution is -2.33. The Labute approximate surface area is 112 Å². The fourth-order valence-electron chi connectivity index (χ4n) is 2.62. The van der Waals surface area contributed by atoms with E-state index in [1.807, 2.05) is 23.2 Å². The van der Waals surface area contributed by atoms with Crippen LogP contribution in [0.4, 0.5) is 5.82 Å². The maximum absolute atomic E-state index is 11.4. The minimum Gasteiger partial charge on any atom is -0.376 e. The van der Waals surface area contributed by atoms with Crippen LogP contribution in [-0.2, 0) is 16.0 Å². The van der Waals surface area contributed by atoms with Crippen molar-refractivity contribution in [3.05, 3.63) is 35.7 Å². The Morgan fingerprint density at radius 3 is 3.21 bits per heavy atom. The molecule has 0 aliphatic carbocycles. The van der Waals surface area contributed by atoms with Gasteiger partial charge in [0.25, 0.3) is 0 Å². The number of carbonyl (C=O) groups is 1. The maximum Gasteiger partial charge on any atom is 0.246 e. The van der Waals surface area contributed by atoms with Crippen molar-refractivity contribution in [3.8, 4) is 0 Å². The first-order valence-corrected chi connectivity index (χ1v) is 6.56.